The summed E-state index contributed by atoms with van der Waals surface area (Å²) in [5.74, 6) is -0.717. The van der Waals surface area contributed by atoms with Crippen molar-refractivity contribution in [1.82, 2.24) is 14.8 Å². The molecule has 2 aromatic rings. The quantitative estimate of drug-likeness (QED) is 0.570. The average Bonchev–Trinajstić information content (AvgIpc) is 2.87. The number of halogens is 2. The van der Waals surface area contributed by atoms with Gasteiger partial charge in [0.15, 0.2) is 0 Å². The molecule has 0 bridgehead atoms. The number of rotatable bonds is 8. The van der Waals surface area contributed by atoms with E-state index in [-0.39, 0.29) is 5.56 Å². The number of nitrogens with two attached hydrogens (primary N) is 1. The van der Waals surface area contributed by atoms with Gasteiger partial charge in [-0.1, -0.05) is 6.07 Å². The second-order valence-corrected chi connectivity index (χ2v) is 10.7. The van der Waals surface area contributed by atoms with Crippen LogP contribution in [0, 0.1) is 11.7 Å². The second kappa shape index (κ2) is 11.5. The van der Waals surface area contributed by atoms with Crippen molar-refractivity contribution in [2.75, 3.05) is 32.8 Å². The van der Waals surface area contributed by atoms with Crippen molar-refractivity contribution in [2.45, 2.75) is 57.7 Å². The highest BCUT2D eigenvalue weighted by molar-refractivity contribution is 5.98. The number of amides is 2. The van der Waals surface area contributed by atoms with Gasteiger partial charge in [-0.05, 0) is 89.2 Å². The van der Waals surface area contributed by atoms with Gasteiger partial charge in [0.2, 0.25) is 5.91 Å². The Bertz CT molecular complexity index is 1100. The summed E-state index contributed by atoms with van der Waals surface area (Å²) in [5.41, 5.74) is 5.28. The summed E-state index contributed by atoms with van der Waals surface area (Å²) in [7, 11) is 0. The molecule has 200 valence electrons. The molecule has 0 spiro atoms. The fourth-order valence-corrected chi connectivity index (χ4v) is 5.17. The summed E-state index contributed by atoms with van der Waals surface area (Å²) in [6, 6.07) is 7.21. The van der Waals surface area contributed by atoms with Crippen LogP contribution in [-0.2, 0) is 4.79 Å². The molecular weight excluding hydrogens is 478 g/mol. The number of nitrogens with zero attached hydrogens (tertiary/aromatic N) is 3. The third-order valence-corrected chi connectivity index (χ3v) is 7.12. The lowest BCUT2D eigenvalue weighted by Crippen LogP contribution is -2.50. The summed E-state index contributed by atoms with van der Waals surface area (Å²) in [5, 5.41) is 0. The Balaban J connectivity index is 1.33. The van der Waals surface area contributed by atoms with Crippen LogP contribution in [-0.4, -0.2) is 71.1 Å². The fourth-order valence-electron chi connectivity index (χ4n) is 5.17. The molecule has 3 heterocycles. The van der Waals surface area contributed by atoms with Crippen LogP contribution in [0.25, 0.3) is 11.3 Å². The number of hydrogen-bond acceptors (Lipinski definition) is 5. The van der Waals surface area contributed by atoms with Gasteiger partial charge in [0.05, 0.1) is 24.1 Å². The molecule has 0 saturated carbocycles. The maximum absolute atomic E-state index is 15.0. The molecule has 1 atom stereocenters. The summed E-state index contributed by atoms with van der Waals surface area (Å²) in [4.78, 5) is 32.6. The molecule has 0 unspecified atom stereocenters. The molecule has 2 aliphatic rings. The first kappa shape index (κ1) is 27.0. The third-order valence-electron chi connectivity index (χ3n) is 7.12. The van der Waals surface area contributed by atoms with Crippen LogP contribution in [0.5, 0.6) is 5.75 Å². The van der Waals surface area contributed by atoms with Crippen LogP contribution in [0.1, 0.15) is 56.3 Å². The third kappa shape index (κ3) is 7.03. The molecule has 2 N–H and O–H groups in total. The number of carbonyl (C=O) groups excluding carboxylic acids is 2. The van der Waals surface area contributed by atoms with Gasteiger partial charge in [-0.2, -0.15) is 0 Å². The van der Waals surface area contributed by atoms with Gasteiger partial charge >= 0.3 is 0 Å². The maximum atomic E-state index is 15.0. The number of alkyl halides is 1. The van der Waals surface area contributed by atoms with E-state index < -0.39 is 29.3 Å². The molecule has 4 rings (SSSR count). The lowest BCUT2D eigenvalue weighted by atomic mass is 9.97. The minimum absolute atomic E-state index is 0.0852. The van der Waals surface area contributed by atoms with E-state index in [2.05, 4.69) is 9.88 Å². The van der Waals surface area contributed by atoms with Crippen LogP contribution in [0.3, 0.4) is 0 Å². The van der Waals surface area contributed by atoms with Crippen molar-refractivity contribution in [3.8, 4) is 17.0 Å². The molecule has 2 aliphatic heterocycles. The second-order valence-electron chi connectivity index (χ2n) is 10.7. The Hall–Kier alpha value is -3.07. The van der Waals surface area contributed by atoms with Crippen molar-refractivity contribution < 1.29 is 23.1 Å². The van der Waals surface area contributed by atoms with Crippen molar-refractivity contribution in [1.29, 1.82) is 0 Å². The molecule has 2 fully saturated rings. The van der Waals surface area contributed by atoms with Gasteiger partial charge in [0.1, 0.15) is 23.3 Å². The number of piperidine rings is 2. The van der Waals surface area contributed by atoms with Crippen molar-refractivity contribution in [3.05, 3.63) is 47.9 Å². The van der Waals surface area contributed by atoms with Crippen LogP contribution < -0.4 is 10.5 Å². The van der Waals surface area contributed by atoms with Crippen LogP contribution >= 0.6 is 0 Å². The number of benzene rings is 1. The summed E-state index contributed by atoms with van der Waals surface area (Å²) >= 11 is 0. The number of carbonyl (C=O) groups is 2. The summed E-state index contributed by atoms with van der Waals surface area (Å²) in [6.45, 7) is 6.35. The molecule has 0 aliphatic carbocycles. The Labute approximate surface area is 217 Å². The Morgan fingerprint density at radius 3 is 2.49 bits per heavy atom. The SMILES string of the molecule is CC(C)(F)CN1CCC(COc2ccc(-c3ccc(C(=O)N4CCCC[C@@H]4C(N)=O)c(F)c3)nc2)CC1. The van der Waals surface area contributed by atoms with Crippen LogP contribution in [0.15, 0.2) is 36.5 Å². The molecule has 1 aromatic carbocycles. The van der Waals surface area contributed by atoms with Crippen molar-refractivity contribution in [2.24, 2.45) is 11.7 Å². The molecule has 1 aromatic heterocycles. The van der Waals surface area contributed by atoms with Gasteiger partial charge in [0, 0.05) is 18.7 Å². The summed E-state index contributed by atoms with van der Waals surface area (Å²) in [6.07, 6.45) is 5.59. The first-order valence-corrected chi connectivity index (χ1v) is 13.0. The molecular formula is C28H36F2N4O3. The molecule has 2 amide bonds. The highest BCUT2D eigenvalue weighted by Gasteiger charge is 2.32. The molecule has 7 nitrogen and oxygen atoms in total. The predicted molar refractivity (Wildman–Crippen MR) is 137 cm³/mol. The average molecular weight is 515 g/mol. The van der Waals surface area contributed by atoms with E-state index >= 15 is 0 Å². The number of ether oxygens (including phenoxy) is 1. The zero-order valence-corrected chi connectivity index (χ0v) is 21.6. The van der Waals surface area contributed by atoms with Crippen molar-refractivity contribution in [3.63, 3.8) is 0 Å². The van der Waals surface area contributed by atoms with Gasteiger partial charge in [-0.25, -0.2) is 8.78 Å². The molecule has 9 heteroatoms. The van der Waals surface area contributed by atoms with Gasteiger partial charge in [-0.15, -0.1) is 0 Å². The van der Waals surface area contributed by atoms with Crippen molar-refractivity contribution >= 4 is 11.8 Å². The molecule has 0 radical (unpaired) electrons. The number of primary amides is 1. The highest BCUT2D eigenvalue weighted by Crippen LogP contribution is 2.26. The smallest absolute Gasteiger partial charge is 0.257 e. The standard InChI is InChI=1S/C28H36F2N4O3/c1-28(2,30)18-33-13-10-19(11-14-33)17-37-21-7-9-24(32-16-21)20-6-8-22(23(29)15-20)27(36)34-12-4-3-5-25(34)26(31)35/h6-9,15-16,19,25H,3-5,10-14,17-18H2,1-2H3,(H2,31,35)/t25-/m1/s1. The zero-order valence-electron chi connectivity index (χ0n) is 21.6. The van der Waals surface area contributed by atoms with Gasteiger partial charge < -0.3 is 20.3 Å². The van der Waals surface area contributed by atoms with E-state index in [1.54, 1.807) is 38.2 Å². The van der Waals surface area contributed by atoms with Gasteiger partial charge in [-0.3, -0.25) is 14.6 Å². The monoisotopic (exact) mass is 514 g/mol. The lowest BCUT2D eigenvalue weighted by molar-refractivity contribution is -0.123. The fraction of sp³-hybridized carbons (Fsp3) is 0.536. The van der Waals surface area contributed by atoms with E-state index in [1.807, 2.05) is 0 Å². The minimum Gasteiger partial charge on any atom is -0.492 e. The van der Waals surface area contributed by atoms with E-state index in [0.717, 1.165) is 38.8 Å². The predicted octanol–water partition coefficient (Wildman–Crippen LogP) is 4.21. The summed E-state index contributed by atoms with van der Waals surface area (Å²) < 4.78 is 34.7. The van der Waals surface area contributed by atoms with E-state index in [9.17, 15) is 18.4 Å². The Morgan fingerprint density at radius 2 is 1.86 bits per heavy atom. The van der Waals surface area contributed by atoms with E-state index in [0.29, 0.717) is 49.0 Å². The molecule has 37 heavy (non-hydrogen) atoms. The van der Waals surface area contributed by atoms with E-state index in [4.69, 9.17) is 10.5 Å². The van der Waals surface area contributed by atoms with Crippen LogP contribution in [0.4, 0.5) is 8.78 Å². The lowest BCUT2D eigenvalue weighted by Gasteiger charge is -2.34. The Morgan fingerprint density at radius 1 is 1.11 bits per heavy atom. The van der Waals surface area contributed by atoms with Crippen LogP contribution in [0.2, 0.25) is 0 Å². The maximum Gasteiger partial charge on any atom is 0.257 e. The number of hydrogen-bond donors (Lipinski definition) is 1. The molecule has 2 saturated heterocycles. The highest BCUT2D eigenvalue weighted by atomic mass is 19.1. The number of aromatic nitrogens is 1. The number of likely N-dealkylation sites (tertiary alicyclic amines) is 2. The normalized spacial score (nSPS) is 19.6. The Kier molecular flexibility index (Phi) is 8.42. The first-order chi connectivity index (χ1) is 17.6. The topological polar surface area (TPSA) is 88.8 Å². The zero-order chi connectivity index (χ0) is 26.6. The van der Waals surface area contributed by atoms with E-state index in [1.165, 1.54) is 17.0 Å². The largest absolute Gasteiger partial charge is 0.492 e. The number of pyridine rings is 1. The minimum atomic E-state index is -1.18. The van der Waals surface area contributed by atoms with Gasteiger partial charge in [0.25, 0.3) is 5.91 Å². The first-order valence-electron chi connectivity index (χ1n) is 13.0.